The van der Waals surface area contributed by atoms with E-state index in [0.717, 1.165) is 21.6 Å². The molecule has 0 fully saturated rings. The molecule has 126 valence electrons. The van der Waals surface area contributed by atoms with Gasteiger partial charge in [-0.3, -0.25) is 9.78 Å². The Morgan fingerprint density at radius 3 is 2.96 bits per heavy atom. The Balaban J connectivity index is 1.78. The van der Waals surface area contributed by atoms with Gasteiger partial charge in [0.25, 0.3) is 5.91 Å². The molecular formula is C18H17N5OS. The van der Waals surface area contributed by atoms with Crippen LogP contribution in [-0.4, -0.2) is 20.9 Å². The largest absolute Gasteiger partial charge is 0.368 e. The summed E-state index contributed by atoms with van der Waals surface area (Å²) in [5.41, 5.74) is 9.53. The zero-order valence-corrected chi connectivity index (χ0v) is 14.5. The number of carbonyl (C=O) groups is 1. The van der Waals surface area contributed by atoms with Crippen LogP contribution in [0.2, 0.25) is 0 Å². The van der Waals surface area contributed by atoms with Gasteiger partial charge in [0, 0.05) is 23.8 Å². The predicted octanol–water partition coefficient (Wildman–Crippen LogP) is 2.93. The highest BCUT2D eigenvalue weighted by Crippen LogP contribution is 2.35. The molecule has 0 saturated heterocycles. The molecule has 1 aliphatic rings. The van der Waals surface area contributed by atoms with Crippen molar-refractivity contribution in [1.82, 2.24) is 20.3 Å². The minimum Gasteiger partial charge on any atom is -0.368 e. The Kier molecular flexibility index (Phi) is 4.95. The Hall–Kier alpha value is -2.93. The lowest BCUT2D eigenvalue weighted by molar-refractivity contribution is 0.0946. The van der Waals surface area contributed by atoms with Crippen LogP contribution in [0, 0.1) is 0 Å². The van der Waals surface area contributed by atoms with Gasteiger partial charge >= 0.3 is 0 Å². The highest BCUT2D eigenvalue weighted by Gasteiger charge is 2.15. The second-order valence-corrected chi connectivity index (χ2v) is 6.40. The van der Waals surface area contributed by atoms with Crippen LogP contribution in [0.1, 0.15) is 28.7 Å². The second kappa shape index (κ2) is 7.31. The minimum absolute atomic E-state index is 0.0578. The Morgan fingerprint density at radius 1 is 1.40 bits per heavy atom. The average molecular weight is 351 g/mol. The van der Waals surface area contributed by atoms with Crippen LogP contribution in [0.5, 0.6) is 0 Å². The molecule has 0 aromatic carbocycles. The van der Waals surface area contributed by atoms with Crippen molar-refractivity contribution in [3.05, 3.63) is 76.8 Å². The van der Waals surface area contributed by atoms with E-state index in [0.29, 0.717) is 12.2 Å². The number of anilines is 1. The first kappa shape index (κ1) is 16.9. The van der Waals surface area contributed by atoms with Crippen molar-refractivity contribution in [3.8, 4) is 0 Å². The van der Waals surface area contributed by atoms with E-state index in [1.807, 2.05) is 30.5 Å². The first-order chi connectivity index (χ1) is 12.0. The van der Waals surface area contributed by atoms with Gasteiger partial charge in [-0.25, -0.2) is 9.97 Å². The van der Waals surface area contributed by atoms with E-state index in [1.54, 1.807) is 18.5 Å². The average Bonchev–Trinajstić information content (AvgIpc) is 2.62. The third-order valence-corrected chi connectivity index (χ3v) is 4.63. The van der Waals surface area contributed by atoms with Gasteiger partial charge in [-0.15, -0.1) is 0 Å². The summed E-state index contributed by atoms with van der Waals surface area (Å²) in [5, 5.41) is 4.81. The maximum atomic E-state index is 12.4. The normalized spacial score (nSPS) is 13.9. The van der Waals surface area contributed by atoms with Crippen LogP contribution in [0.4, 0.5) is 5.95 Å². The monoisotopic (exact) mass is 351 g/mol. The van der Waals surface area contributed by atoms with Crippen molar-refractivity contribution in [2.75, 3.05) is 5.73 Å². The van der Waals surface area contributed by atoms with E-state index in [2.05, 4.69) is 26.8 Å². The molecule has 25 heavy (non-hydrogen) atoms. The fourth-order valence-corrected chi connectivity index (χ4v) is 3.04. The summed E-state index contributed by atoms with van der Waals surface area (Å²) in [6, 6.07) is 5.34. The Labute approximate surface area is 150 Å². The predicted molar refractivity (Wildman–Crippen MR) is 100 cm³/mol. The third-order valence-electron chi connectivity index (χ3n) is 3.58. The Bertz CT molecular complexity index is 890. The topological polar surface area (TPSA) is 93.8 Å². The van der Waals surface area contributed by atoms with Crippen molar-refractivity contribution >= 4 is 28.5 Å². The fourth-order valence-electron chi connectivity index (χ4n) is 2.15. The van der Waals surface area contributed by atoms with Gasteiger partial charge in [0.2, 0.25) is 5.95 Å². The molecule has 6 nitrogen and oxygen atoms in total. The van der Waals surface area contributed by atoms with E-state index < -0.39 is 0 Å². The molecule has 1 aliphatic heterocycles. The zero-order chi connectivity index (χ0) is 17.8. The van der Waals surface area contributed by atoms with Gasteiger partial charge in [-0.2, -0.15) is 0 Å². The lowest BCUT2D eigenvalue weighted by Crippen LogP contribution is -2.24. The number of carbonyl (C=O) groups excluding carboxylic acids is 1. The van der Waals surface area contributed by atoms with Crippen LogP contribution in [0.3, 0.4) is 0 Å². The molecule has 0 saturated carbocycles. The van der Waals surface area contributed by atoms with Crippen molar-refractivity contribution in [1.29, 1.82) is 0 Å². The number of hydrogen-bond acceptors (Lipinski definition) is 6. The molecule has 0 bridgehead atoms. The van der Waals surface area contributed by atoms with Gasteiger partial charge in [-0.1, -0.05) is 24.4 Å². The standard InChI is InChI=1S/C18H17N5OS/c1-11-6-16(25-10-12(11)2)14-7-15(23-18(19)22-14)17(24)21-9-13-4-3-5-20-8-13/h3-8,10H,1,9H2,2H3,(H,21,24)(H2,19,22,23). The molecule has 2 aromatic rings. The molecule has 1 amide bonds. The maximum absolute atomic E-state index is 12.4. The van der Waals surface area contributed by atoms with Crippen molar-refractivity contribution in [3.63, 3.8) is 0 Å². The van der Waals surface area contributed by atoms with Crippen molar-refractivity contribution in [2.45, 2.75) is 13.5 Å². The number of pyridine rings is 1. The number of nitrogens with two attached hydrogens (primary N) is 1. The molecule has 0 atom stereocenters. The van der Waals surface area contributed by atoms with Gasteiger partial charge in [-0.05, 0) is 47.3 Å². The number of nitrogen functional groups attached to an aromatic ring is 1. The van der Waals surface area contributed by atoms with E-state index in [9.17, 15) is 4.79 Å². The molecule has 3 N–H and O–H groups in total. The number of thioether (sulfide) groups is 1. The number of allylic oxidation sites excluding steroid dienone is 3. The highest BCUT2D eigenvalue weighted by atomic mass is 32.2. The van der Waals surface area contributed by atoms with Crippen molar-refractivity contribution in [2.24, 2.45) is 0 Å². The molecule has 0 unspecified atom stereocenters. The summed E-state index contributed by atoms with van der Waals surface area (Å²) < 4.78 is 0. The molecule has 7 heteroatoms. The summed E-state index contributed by atoms with van der Waals surface area (Å²) in [4.78, 5) is 25.6. The number of nitrogens with one attached hydrogen (secondary N) is 1. The van der Waals surface area contributed by atoms with Crippen LogP contribution in [-0.2, 0) is 6.54 Å². The number of nitrogens with zero attached hydrogens (tertiary/aromatic N) is 3. The van der Waals surface area contributed by atoms with Crippen LogP contribution in [0.25, 0.3) is 4.91 Å². The van der Waals surface area contributed by atoms with E-state index in [1.165, 1.54) is 11.8 Å². The van der Waals surface area contributed by atoms with Gasteiger partial charge in [0.05, 0.1) is 5.69 Å². The molecule has 3 heterocycles. The van der Waals surface area contributed by atoms with Crippen molar-refractivity contribution < 1.29 is 4.79 Å². The van der Waals surface area contributed by atoms with E-state index in [4.69, 9.17) is 5.73 Å². The maximum Gasteiger partial charge on any atom is 0.270 e. The zero-order valence-electron chi connectivity index (χ0n) is 13.7. The quantitative estimate of drug-likeness (QED) is 0.879. The summed E-state index contributed by atoms with van der Waals surface area (Å²) in [7, 11) is 0. The molecule has 2 aromatic heterocycles. The van der Waals surface area contributed by atoms with Gasteiger partial charge < -0.3 is 11.1 Å². The number of hydrogen-bond donors (Lipinski definition) is 2. The van der Waals surface area contributed by atoms with E-state index in [-0.39, 0.29) is 17.5 Å². The summed E-state index contributed by atoms with van der Waals surface area (Å²) >= 11 is 1.52. The molecule has 0 aliphatic carbocycles. The van der Waals surface area contributed by atoms with Gasteiger partial charge in [0.15, 0.2) is 0 Å². The second-order valence-electron chi connectivity index (χ2n) is 5.49. The third kappa shape index (κ3) is 4.13. The molecule has 3 rings (SSSR count). The first-order valence-corrected chi connectivity index (χ1v) is 8.47. The minimum atomic E-state index is -0.314. The van der Waals surface area contributed by atoms with Crippen LogP contribution >= 0.6 is 11.8 Å². The number of amides is 1. The summed E-state index contributed by atoms with van der Waals surface area (Å²) in [6.07, 6.45) is 5.31. The highest BCUT2D eigenvalue weighted by molar-refractivity contribution is 8.11. The lowest BCUT2D eigenvalue weighted by atomic mass is 10.1. The van der Waals surface area contributed by atoms with Crippen LogP contribution < -0.4 is 11.1 Å². The first-order valence-electron chi connectivity index (χ1n) is 7.59. The lowest BCUT2D eigenvalue weighted by Gasteiger charge is -2.13. The fraction of sp³-hybridized carbons (Fsp3) is 0.111. The molecular weight excluding hydrogens is 334 g/mol. The SMILES string of the molecule is C=C1C=C(c2cc(C(=O)NCc3cccnc3)nc(N)n2)SC=C1C. The van der Waals surface area contributed by atoms with Gasteiger partial charge in [0.1, 0.15) is 5.69 Å². The summed E-state index contributed by atoms with van der Waals surface area (Å²) in [6.45, 7) is 6.35. The summed E-state index contributed by atoms with van der Waals surface area (Å²) in [5.74, 6) is -0.256. The van der Waals surface area contributed by atoms with Crippen LogP contribution in [0.15, 0.2) is 59.8 Å². The molecule has 0 spiro atoms. The molecule has 0 radical (unpaired) electrons. The number of aromatic nitrogens is 3. The van der Waals surface area contributed by atoms with E-state index >= 15 is 0 Å². The number of rotatable bonds is 4. The Morgan fingerprint density at radius 2 is 2.24 bits per heavy atom. The smallest absolute Gasteiger partial charge is 0.270 e.